The summed E-state index contributed by atoms with van der Waals surface area (Å²) < 4.78 is 0. The zero-order chi connectivity index (χ0) is 13.3. The second kappa shape index (κ2) is 5.27. The minimum Gasteiger partial charge on any atom is -0.228 e. The van der Waals surface area contributed by atoms with Gasteiger partial charge < -0.3 is 0 Å². The van der Waals surface area contributed by atoms with E-state index in [0.717, 1.165) is 5.92 Å². The van der Waals surface area contributed by atoms with E-state index < -0.39 is 0 Å². The maximum Gasteiger partial charge on any atom is 0.0726 e. The van der Waals surface area contributed by atoms with E-state index in [1.165, 1.54) is 31.3 Å². The van der Waals surface area contributed by atoms with E-state index in [9.17, 15) is 0 Å². The van der Waals surface area contributed by atoms with Gasteiger partial charge in [-0.2, -0.15) is 0 Å². The van der Waals surface area contributed by atoms with Gasteiger partial charge in [-0.3, -0.25) is 0 Å². The Morgan fingerprint density at radius 3 is 2.67 bits per heavy atom. The SMILES string of the molecule is CC1=C[C@]2(CC1)[C@H](C)CC[C@@H](C(C)C)[C@H]2N=C=S. The van der Waals surface area contributed by atoms with Crippen molar-refractivity contribution in [2.45, 2.75) is 59.4 Å². The average Bonchev–Trinajstić information content (AvgIpc) is 2.69. The number of nitrogens with zero attached hydrogens (tertiary/aromatic N) is 1. The second-order valence-corrected chi connectivity index (χ2v) is 6.84. The minimum atomic E-state index is 0.267. The van der Waals surface area contributed by atoms with Crippen molar-refractivity contribution in [2.75, 3.05) is 0 Å². The summed E-state index contributed by atoms with van der Waals surface area (Å²) in [6, 6.07) is 0.358. The number of aliphatic imine (C=N–C) groups is 1. The van der Waals surface area contributed by atoms with Crippen molar-refractivity contribution in [3.05, 3.63) is 11.6 Å². The van der Waals surface area contributed by atoms with Crippen LogP contribution < -0.4 is 0 Å². The molecule has 2 rings (SSSR count). The summed E-state index contributed by atoms with van der Waals surface area (Å²) in [4.78, 5) is 4.63. The van der Waals surface area contributed by atoms with Crippen molar-refractivity contribution in [3.8, 4) is 0 Å². The number of allylic oxidation sites excluding steroid dienone is 1. The summed E-state index contributed by atoms with van der Waals surface area (Å²) in [5, 5.41) is 2.69. The van der Waals surface area contributed by atoms with Crippen molar-refractivity contribution in [3.63, 3.8) is 0 Å². The average molecular weight is 263 g/mol. The summed E-state index contributed by atoms with van der Waals surface area (Å²) in [6.07, 6.45) is 7.63. The van der Waals surface area contributed by atoms with Crippen LogP contribution in [0.3, 0.4) is 0 Å². The molecule has 0 unspecified atom stereocenters. The van der Waals surface area contributed by atoms with E-state index in [-0.39, 0.29) is 5.41 Å². The van der Waals surface area contributed by atoms with Gasteiger partial charge in [0.15, 0.2) is 0 Å². The molecule has 18 heavy (non-hydrogen) atoms. The quantitative estimate of drug-likeness (QED) is 0.393. The highest BCUT2D eigenvalue weighted by Gasteiger charge is 2.50. The Kier molecular flexibility index (Phi) is 4.08. The molecule has 2 aliphatic rings. The third-order valence-corrected chi connectivity index (χ3v) is 5.43. The number of hydrogen-bond acceptors (Lipinski definition) is 2. The first-order valence-electron chi connectivity index (χ1n) is 7.26. The van der Waals surface area contributed by atoms with Gasteiger partial charge in [0, 0.05) is 5.41 Å². The molecule has 2 heteroatoms. The molecule has 1 saturated carbocycles. The number of rotatable bonds is 2. The van der Waals surface area contributed by atoms with Crippen molar-refractivity contribution < 1.29 is 0 Å². The van der Waals surface area contributed by atoms with E-state index in [1.54, 1.807) is 0 Å². The fraction of sp³-hybridized carbons (Fsp3) is 0.812. The summed E-state index contributed by atoms with van der Waals surface area (Å²) in [5.74, 6) is 2.07. The topological polar surface area (TPSA) is 12.4 Å². The van der Waals surface area contributed by atoms with Crippen LogP contribution in [0.4, 0.5) is 0 Å². The molecule has 0 aliphatic heterocycles. The fourth-order valence-electron chi connectivity index (χ4n) is 4.17. The molecule has 1 fully saturated rings. The van der Waals surface area contributed by atoms with E-state index in [1.807, 2.05) is 0 Å². The summed E-state index contributed by atoms with van der Waals surface area (Å²) >= 11 is 4.92. The first-order valence-corrected chi connectivity index (χ1v) is 7.67. The van der Waals surface area contributed by atoms with Gasteiger partial charge in [-0.25, -0.2) is 4.99 Å². The highest BCUT2D eigenvalue weighted by atomic mass is 32.1. The first-order chi connectivity index (χ1) is 8.51. The van der Waals surface area contributed by atoms with Crippen molar-refractivity contribution in [1.29, 1.82) is 0 Å². The van der Waals surface area contributed by atoms with E-state index in [0.29, 0.717) is 17.9 Å². The summed E-state index contributed by atoms with van der Waals surface area (Å²) in [7, 11) is 0. The van der Waals surface area contributed by atoms with Gasteiger partial charge in [0.1, 0.15) is 0 Å². The Balaban J connectivity index is 2.42. The van der Waals surface area contributed by atoms with E-state index >= 15 is 0 Å². The zero-order valence-electron chi connectivity index (χ0n) is 12.1. The predicted molar refractivity (Wildman–Crippen MR) is 81.0 cm³/mol. The molecular formula is C16H25NS. The molecule has 0 aromatic heterocycles. The van der Waals surface area contributed by atoms with Gasteiger partial charge in [-0.15, -0.1) is 0 Å². The molecule has 0 aromatic rings. The van der Waals surface area contributed by atoms with Crippen LogP contribution in [-0.2, 0) is 0 Å². The molecule has 1 nitrogen and oxygen atoms in total. The van der Waals surface area contributed by atoms with Crippen LogP contribution in [0.25, 0.3) is 0 Å². The Bertz CT molecular complexity index is 392. The van der Waals surface area contributed by atoms with Crippen LogP contribution in [0, 0.1) is 23.2 Å². The molecule has 100 valence electrons. The van der Waals surface area contributed by atoms with Crippen molar-refractivity contribution in [1.82, 2.24) is 0 Å². The van der Waals surface area contributed by atoms with Crippen LogP contribution >= 0.6 is 12.2 Å². The Hall–Kier alpha value is -0.460. The number of isothiocyanates is 1. The highest BCUT2D eigenvalue weighted by Crippen LogP contribution is 2.54. The largest absolute Gasteiger partial charge is 0.228 e. The molecule has 0 aromatic carbocycles. The first kappa shape index (κ1) is 14.0. The molecule has 0 amide bonds. The molecule has 1 spiro atoms. The highest BCUT2D eigenvalue weighted by molar-refractivity contribution is 7.78. The maximum atomic E-state index is 4.92. The monoisotopic (exact) mass is 263 g/mol. The van der Waals surface area contributed by atoms with Gasteiger partial charge in [0.25, 0.3) is 0 Å². The van der Waals surface area contributed by atoms with Crippen LogP contribution in [0.5, 0.6) is 0 Å². The number of hydrogen-bond donors (Lipinski definition) is 0. The van der Waals surface area contributed by atoms with Crippen molar-refractivity contribution >= 4 is 17.4 Å². The molecule has 0 heterocycles. The number of thiocarbonyl (C=S) groups is 1. The third kappa shape index (κ3) is 2.21. The van der Waals surface area contributed by atoms with Crippen LogP contribution in [0.15, 0.2) is 16.6 Å². The zero-order valence-corrected chi connectivity index (χ0v) is 12.9. The normalized spacial score (nSPS) is 39.8. The fourth-order valence-corrected chi connectivity index (χ4v) is 4.28. The molecule has 0 radical (unpaired) electrons. The van der Waals surface area contributed by atoms with Gasteiger partial charge in [0.2, 0.25) is 0 Å². The van der Waals surface area contributed by atoms with Crippen LogP contribution in [-0.4, -0.2) is 11.2 Å². The molecule has 0 bridgehead atoms. The lowest BCUT2D eigenvalue weighted by Crippen LogP contribution is -2.47. The molecule has 2 aliphatic carbocycles. The smallest absolute Gasteiger partial charge is 0.0726 e. The molecule has 0 saturated heterocycles. The molecule has 0 N–H and O–H groups in total. The summed E-state index contributed by atoms with van der Waals surface area (Å²) in [6.45, 7) is 9.31. The lowest BCUT2D eigenvalue weighted by molar-refractivity contribution is 0.0647. The second-order valence-electron chi connectivity index (χ2n) is 6.65. The predicted octanol–water partition coefficient (Wildman–Crippen LogP) is 4.89. The molecule has 4 atom stereocenters. The van der Waals surface area contributed by atoms with Gasteiger partial charge in [-0.1, -0.05) is 32.4 Å². The lowest BCUT2D eigenvalue weighted by atomic mass is 9.58. The van der Waals surface area contributed by atoms with Gasteiger partial charge in [-0.05, 0) is 62.6 Å². The Morgan fingerprint density at radius 2 is 2.17 bits per heavy atom. The van der Waals surface area contributed by atoms with E-state index in [4.69, 9.17) is 12.2 Å². The summed E-state index contributed by atoms with van der Waals surface area (Å²) in [5.41, 5.74) is 1.80. The van der Waals surface area contributed by atoms with Gasteiger partial charge in [0.05, 0.1) is 11.2 Å². The third-order valence-electron chi connectivity index (χ3n) is 5.32. The van der Waals surface area contributed by atoms with E-state index in [2.05, 4.69) is 43.9 Å². The van der Waals surface area contributed by atoms with Gasteiger partial charge >= 0.3 is 0 Å². The Morgan fingerprint density at radius 1 is 1.44 bits per heavy atom. The Labute approximate surface area is 117 Å². The molecular weight excluding hydrogens is 238 g/mol. The van der Waals surface area contributed by atoms with Crippen LogP contribution in [0.2, 0.25) is 0 Å². The lowest BCUT2D eigenvalue weighted by Gasteiger charge is -2.48. The minimum absolute atomic E-state index is 0.267. The van der Waals surface area contributed by atoms with Crippen LogP contribution in [0.1, 0.15) is 53.4 Å². The standard InChI is InChI=1S/C16H25NS/c1-11(2)14-6-5-13(4)16(15(14)17-10-18)8-7-12(3)9-16/h9,11,13-15H,5-8H2,1-4H3/t13-,14+,15-,16-/m1/s1. The maximum absolute atomic E-state index is 4.92. The van der Waals surface area contributed by atoms with Crippen molar-refractivity contribution in [2.24, 2.45) is 28.2 Å².